The molecule has 0 atom stereocenters. The number of aryl methyl sites for hydroxylation is 1. The van der Waals surface area contributed by atoms with Crippen LogP contribution in [-0.2, 0) is 12.8 Å². The SMILES string of the molecule is CCc1nc(CCN=C(N)N2CCN(c3nccs3)CC2)cs1. The summed E-state index contributed by atoms with van der Waals surface area (Å²) in [7, 11) is 0. The second-order valence-corrected chi connectivity index (χ2v) is 7.18. The molecule has 0 spiro atoms. The third-order valence-electron chi connectivity index (χ3n) is 3.84. The second-order valence-electron chi connectivity index (χ2n) is 5.36. The molecule has 3 rings (SSSR count). The maximum Gasteiger partial charge on any atom is 0.191 e. The number of hydrogen-bond acceptors (Lipinski definition) is 6. The molecule has 2 aromatic heterocycles. The minimum Gasteiger partial charge on any atom is -0.370 e. The van der Waals surface area contributed by atoms with E-state index in [4.69, 9.17) is 5.73 Å². The Morgan fingerprint density at radius 2 is 2.13 bits per heavy atom. The normalized spacial score (nSPS) is 16.1. The zero-order chi connectivity index (χ0) is 16.1. The highest BCUT2D eigenvalue weighted by Crippen LogP contribution is 2.18. The maximum absolute atomic E-state index is 6.13. The summed E-state index contributed by atoms with van der Waals surface area (Å²) in [4.78, 5) is 17.9. The Labute approximate surface area is 144 Å². The van der Waals surface area contributed by atoms with Crippen molar-refractivity contribution < 1.29 is 0 Å². The highest BCUT2D eigenvalue weighted by atomic mass is 32.1. The van der Waals surface area contributed by atoms with E-state index in [1.807, 2.05) is 11.6 Å². The van der Waals surface area contributed by atoms with Gasteiger partial charge in [0.2, 0.25) is 0 Å². The number of aromatic nitrogens is 2. The van der Waals surface area contributed by atoms with E-state index in [1.54, 1.807) is 22.7 Å². The van der Waals surface area contributed by atoms with Crippen LogP contribution < -0.4 is 10.6 Å². The molecule has 2 N–H and O–H groups in total. The standard InChI is InChI=1S/C15H22N6S2/c1-2-13-19-12(11-23-13)3-4-17-14(16)20-6-8-21(9-7-20)15-18-5-10-22-15/h5,10-11H,2-4,6-9H2,1H3,(H2,16,17). The molecule has 0 radical (unpaired) electrons. The lowest BCUT2D eigenvalue weighted by Crippen LogP contribution is -2.51. The minimum absolute atomic E-state index is 0.648. The summed E-state index contributed by atoms with van der Waals surface area (Å²) in [5, 5.41) is 6.42. The number of guanidine groups is 1. The summed E-state index contributed by atoms with van der Waals surface area (Å²) in [6, 6.07) is 0. The Kier molecular flexibility index (Phi) is 5.45. The molecule has 1 fully saturated rings. The molecule has 8 heteroatoms. The third kappa shape index (κ3) is 4.20. The lowest BCUT2D eigenvalue weighted by atomic mass is 10.3. The average molecular weight is 351 g/mol. The van der Waals surface area contributed by atoms with Crippen LogP contribution >= 0.6 is 22.7 Å². The van der Waals surface area contributed by atoms with E-state index in [2.05, 4.69) is 37.1 Å². The Hall–Kier alpha value is -1.67. The van der Waals surface area contributed by atoms with E-state index >= 15 is 0 Å². The lowest BCUT2D eigenvalue weighted by molar-refractivity contribution is 0.380. The fourth-order valence-corrected chi connectivity index (χ4v) is 3.99. The molecule has 0 amide bonds. The van der Waals surface area contributed by atoms with Crippen LogP contribution in [0.3, 0.4) is 0 Å². The molecule has 3 heterocycles. The molecule has 0 bridgehead atoms. The zero-order valence-corrected chi connectivity index (χ0v) is 14.9. The first kappa shape index (κ1) is 16.2. The van der Waals surface area contributed by atoms with Crippen LogP contribution in [0.25, 0.3) is 0 Å². The average Bonchev–Trinajstić information content (AvgIpc) is 3.26. The van der Waals surface area contributed by atoms with Gasteiger partial charge in [0.05, 0.1) is 10.7 Å². The van der Waals surface area contributed by atoms with Gasteiger partial charge in [0.1, 0.15) is 0 Å². The van der Waals surface area contributed by atoms with Gasteiger partial charge < -0.3 is 15.5 Å². The number of thiazole rings is 2. The van der Waals surface area contributed by atoms with Crippen LogP contribution in [0.5, 0.6) is 0 Å². The van der Waals surface area contributed by atoms with Crippen LogP contribution in [0.2, 0.25) is 0 Å². The van der Waals surface area contributed by atoms with Crippen LogP contribution in [0.4, 0.5) is 5.13 Å². The number of anilines is 1. The van der Waals surface area contributed by atoms with E-state index in [0.717, 1.165) is 49.8 Å². The summed E-state index contributed by atoms with van der Waals surface area (Å²) in [5.74, 6) is 0.648. The Morgan fingerprint density at radius 1 is 1.30 bits per heavy atom. The van der Waals surface area contributed by atoms with Gasteiger partial charge in [-0.15, -0.1) is 22.7 Å². The summed E-state index contributed by atoms with van der Waals surface area (Å²) in [6.45, 7) is 6.50. The first-order chi connectivity index (χ1) is 11.3. The number of hydrogen-bond donors (Lipinski definition) is 1. The van der Waals surface area contributed by atoms with Crippen LogP contribution in [-0.4, -0.2) is 53.6 Å². The molecule has 1 aliphatic rings. The third-order valence-corrected chi connectivity index (χ3v) is 5.71. The van der Waals surface area contributed by atoms with E-state index in [9.17, 15) is 0 Å². The molecule has 0 aliphatic carbocycles. The van der Waals surface area contributed by atoms with Crippen LogP contribution in [0, 0.1) is 0 Å². The summed E-state index contributed by atoms with van der Waals surface area (Å²) in [6.07, 6.45) is 3.71. The lowest BCUT2D eigenvalue weighted by Gasteiger charge is -2.35. The van der Waals surface area contributed by atoms with Crippen molar-refractivity contribution in [2.24, 2.45) is 10.7 Å². The number of aliphatic imine (C=N–C) groups is 1. The molecule has 0 aromatic carbocycles. The van der Waals surface area contributed by atoms with Crippen molar-refractivity contribution in [2.45, 2.75) is 19.8 Å². The molecule has 0 unspecified atom stereocenters. The predicted molar refractivity (Wildman–Crippen MR) is 97.6 cm³/mol. The Morgan fingerprint density at radius 3 is 2.78 bits per heavy atom. The molecule has 1 aliphatic heterocycles. The van der Waals surface area contributed by atoms with E-state index in [0.29, 0.717) is 12.5 Å². The summed E-state index contributed by atoms with van der Waals surface area (Å²) < 4.78 is 0. The van der Waals surface area contributed by atoms with E-state index in [-0.39, 0.29) is 0 Å². The highest BCUT2D eigenvalue weighted by molar-refractivity contribution is 7.13. The zero-order valence-electron chi connectivity index (χ0n) is 13.3. The van der Waals surface area contributed by atoms with Crippen molar-refractivity contribution in [3.05, 3.63) is 27.7 Å². The van der Waals surface area contributed by atoms with Gasteiger partial charge in [0, 0.05) is 56.1 Å². The van der Waals surface area contributed by atoms with Crippen molar-refractivity contribution >= 4 is 33.8 Å². The topological polar surface area (TPSA) is 70.6 Å². The van der Waals surface area contributed by atoms with Gasteiger partial charge in [-0.2, -0.15) is 0 Å². The molecule has 124 valence electrons. The Balaban J connectivity index is 1.46. The van der Waals surface area contributed by atoms with Crippen molar-refractivity contribution in [1.82, 2.24) is 14.9 Å². The highest BCUT2D eigenvalue weighted by Gasteiger charge is 2.19. The molecule has 6 nitrogen and oxygen atoms in total. The Bertz CT molecular complexity index is 628. The molecular formula is C15H22N6S2. The largest absolute Gasteiger partial charge is 0.370 e. The molecule has 1 saturated heterocycles. The van der Waals surface area contributed by atoms with Gasteiger partial charge in [0.15, 0.2) is 11.1 Å². The molecule has 0 saturated carbocycles. The van der Waals surface area contributed by atoms with Crippen LogP contribution in [0.1, 0.15) is 17.6 Å². The van der Waals surface area contributed by atoms with Gasteiger partial charge in [-0.1, -0.05) is 6.92 Å². The predicted octanol–water partition coefficient (Wildman–Crippen LogP) is 1.84. The van der Waals surface area contributed by atoms with Gasteiger partial charge in [-0.05, 0) is 6.42 Å². The van der Waals surface area contributed by atoms with Gasteiger partial charge in [-0.3, -0.25) is 4.99 Å². The van der Waals surface area contributed by atoms with E-state index in [1.165, 1.54) is 5.01 Å². The van der Waals surface area contributed by atoms with Gasteiger partial charge in [-0.25, -0.2) is 9.97 Å². The first-order valence-corrected chi connectivity index (χ1v) is 9.64. The monoisotopic (exact) mass is 350 g/mol. The number of rotatable bonds is 5. The molecular weight excluding hydrogens is 328 g/mol. The van der Waals surface area contributed by atoms with Crippen molar-refractivity contribution in [2.75, 3.05) is 37.6 Å². The number of nitrogens with two attached hydrogens (primary N) is 1. The fraction of sp³-hybridized carbons (Fsp3) is 0.533. The van der Waals surface area contributed by atoms with Gasteiger partial charge >= 0.3 is 0 Å². The van der Waals surface area contributed by atoms with Crippen molar-refractivity contribution in [3.8, 4) is 0 Å². The number of nitrogens with zero attached hydrogens (tertiary/aromatic N) is 5. The van der Waals surface area contributed by atoms with Crippen molar-refractivity contribution in [1.29, 1.82) is 0 Å². The van der Waals surface area contributed by atoms with E-state index < -0.39 is 0 Å². The smallest absolute Gasteiger partial charge is 0.191 e. The molecule has 2 aromatic rings. The fourth-order valence-electron chi connectivity index (χ4n) is 2.51. The van der Waals surface area contributed by atoms with Gasteiger partial charge in [0.25, 0.3) is 0 Å². The number of piperazine rings is 1. The van der Waals surface area contributed by atoms with Crippen molar-refractivity contribution in [3.63, 3.8) is 0 Å². The summed E-state index contributed by atoms with van der Waals surface area (Å²) in [5.41, 5.74) is 7.26. The maximum atomic E-state index is 6.13. The van der Waals surface area contributed by atoms with Crippen LogP contribution in [0.15, 0.2) is 21.9 Å². The quantitative estimate of drug-likeness (QED) is 0.658. The second kappa shape index (κ2) is 7.74. The molecule has 23 heavy (non-hydrogen) atoms. The first-order valence-electron chi connectivity index (χ1n) is 7.89. The minimum atomic E-state index is 0.648. The summed E-state index contributed by atoms with van der Waals surface area (Å²) >= 11 is 3.41.